The quantitative estimate of drug-likeness (QED) is 0.782. The Hall–Kier alpha value is -0.700. The second-order valence-electron chi connectivity index (χ2n) is 5.40. The van der Waals surface area contributed by atoms with E-state index in [1.54, 1.807) is 0 Å². The molecule has 0 saturated heterocycles. The number of nitrogens with zero attached hydrogens (tertiary/aromatic N) is 1. The van der Waals surface area contributed by atoms with Gasteiger partial charge in [-0.25, -0.2) is 0 Å². The number of rotatable bonds is 4. The molecule has 0 aliphatic carbocycles. The van der Waals surface area contributed by atoms with Crippen LogP contribution in [0.3, 0.4) is 0 Å². The summed E-state index contributed by atoms with van der Waals surface area (Å²) in [6.45, 7) is 10.8. The van der Waals surface area contributed by atoms with Crippen LogP contribution in [-0.2, 0) is 5.41 Å². The maximum Gasteiger partial charge on any atom is 0.142 e. The molecule has 1 aromatic heterocycles. The van der Waals surface area contributed by atoms with E-state index in [4.69, 9.17) is 4.52 Å². The van der Waals surface area contributed by atoms with Gasteiger partial charge < -0.3 is 4.52 Å². The standard InChI is InChI=1S/C13H21NOS/c1-10(2)9-16-7-6-11-8-12(15-14-11)13(3,4)5/h6-8,10H,9H2,1-5H3/b7-6+. The summed E-state index contributed by atoms with van der Waals surface area (Å²) in [6.07, 6.45) is 2.01. The van der Waals surface area contributed by atoms with E-state index in [1.165, 1.54) is 0 Å². The largest absolute Gasteiger partial charge is 0.360 e. The van der Waals surface area contributed by atoms with Gasteiger partial charge in [0.25, 0.3) is 0 Å². The van der Waals surface area contributed by atoms with Crippen molar-refractivity contribution in [1.82, 2.24) is 5.16 Å². The average molecular weight is 239 g/mol. The molecule has 0 fully saturated rings. The van der Waals surface area contributed by atoms with Crippen molar-refractivity contribution in [3.05, 3.63) is 22.9 Å². The fourth-order valence-electron chi connectivity index (χ4n) is 1.09. The Balaban J connectivity index is 2.52. The molecular formula is C13H21NOS. The molecule has 0 N–H and O–H groups in total. The van der Waals surface area contributed by atoms with Crippen LogP contribution in [0.2, 0.25) is 0 Å². The molecule has 0 saturated carbocycles. The molecule has 0 aromatic carbocycles. The first-order valence-corrected chi connectivity index (χ1v) is 6.70. The lowest BCUT2D eigenvalue weighted by molar-refractivity contribution is 0.328. The van der Waals surface area contributed by atoms with Crippen LogP contribution in [0.25, 0.3) is 6.08 Å². The third-order valence-corrected chi connectivity index (χ3v) is 3.22. The molecule has 1 heterocycles. The van der Waals surface area contributed by atoms with Gasteiger partial charge in [0.2, 0.25) is 0 Å². The van der Waals surface area contributed by atoms with Gasteiger partial charge in [-0.1, -0.05) is 39.8 Å². The van der Waals surface area contributed by atoms with Crippen LogP contribution < -0.4 is 0 Å². The van der Waals surface area contributed by atoms with E-state index in [1.807, 2.05) is 23.9 Å². The lowest BCUT2D eigenvalue weighted by Crippen LogP contribution is -2.09. The zero-order valence-corrected chi connectivity index (χ0v) is 11.6. The van der Waals surface area contributed by atoms with Crippen molar-refractivity contribution < 1.29 is 4.52 Å². The fraction of sp³-hybridized carbons (Fsp3) is 0.615. The summed E-state index contributed by atoms with van der Waals surface area (Å²) in [5.41, 5.74) is 0.936. The average Bonchev–Trinajstić information content (AvgIpc) is 2.59. The van der Waals surface area contributed by atoms with Crippen LogP contribution in [0.15, 0.2) is 16.0 Å². The predicted octanol–water partition coefficient (Wildman–Crippen LogP) is 4.33. The van der Waals surface area contributed by atoms with Gasteiger partial charge >= 0.3 is 0 Å². The summed E-state index contributed by atoms with van der Waals surface area (Å²) in [6, 6.07) is 2.01. The van der Waals surface area contributed by atoms with E-state index in [0.717, 1.165) is 23.1 Å². The summed E-state index contributed by atoms with van der Waals surface area (Å²) in [5.74, 6) is 2.79. The highest BCUT2D eigenvalue weighted by Crippen LogP contribution is 2.23. The van der Waals surface area contributed by atoms with E-state index >= 15 is 0 Å². The molecule has 0 aliphatic heterocycles. The molecule has 0 atom stereocenters. The van der Waals surface area contributed by atoms with E-state index in [0.29, 0.717) is 0 Å². The predicted molar refractivity (Wildman–Crippen MR) is 71.5 cm³/mol. The van der Waals surface area contributed by atoms with E-state index < -0.39 is 0 Å². The molecule has 0 spiro atoms. The molecule has 2 nitrogen and oxygen atoms in total. The summed E-state index contributed by atoms with van der Waals surface area (Å²) >= 11 is 1.81. The second-order valence-corrected chi connectivity index (χ2v) is 6.33. The van der Waals surface area contributed by atoms with E-state index in [9.17, 15) is 0 Å². The van der Waals surface area contributed by atoms with Gasteiger partial charge in [-0.2, -0.15) is 0 Å². The molecule has 0 aliphatic rings. The highest BCUT2D eigenvalue weighted by atomic mass is 32.2. The third-order valence-electron chi connectivity index (χ3n) is 2.03. The van der Waals surface area contributed by atoms with Crippen LogP contribution in [0, 0.1) is 5.92 Å². The summed E-state index contributed by atoms with van der Waals surface area (Å²) < 4.78 is 5.30. The highest BCUT2D eigenvalue weighted by Gasteiger charge is 2.18. The van der Waals surface area contributed by atoms with Gasteiger partial charge in [0.05, 0.1) is 0 Å². The minimum atomic E-state index is 0.0319. The Kier molecular flexibility index (Phi) is 4.66. The van der Waals surface area contributed by atoms with E-state index in [2.05, 4.69) is 45.2 Å². The van der Waals surface area contributed by atoms with Gasteiger partial charge in [-0.3, -0.25) is 0 Å². The van der Waals surface area contributed by atoms with Crippen LogP contribution in [0.5, 0.6) is 0 Å². The first kappa shape index (κ1) is 13.4. The normalized spacial score (nSPS) is 12.9. The van der Waals surface area contributed by atoms with Crippen LogP contribution in [0.1, 0.15) is 46.1 Å². The molecule has 16 heavy (non-hydrogen) atoms. The maximum atomic E-state index is 5.30. The minimum Gasteiger partial charge on any atom is -0.360 e. The van der Waals surface area contributed by atoms with Crippen molar-refractivity contribution in [3.8, 4) is 0 Å². The monoisotopic (exact) mass is 239 g/mol. The number of hydrogen-bond donors (Lipinski definition) is 0. The number of aromatic nitrogens is 1. The Bertz CT molecular complexity index is 347. The smallest absolute Gasteiger partial charge is 0.142 e. The molecule has 0 amide bonds. The molecule has 3 heteroatoms. The second kappa shape index (κ2) is 5.58. The van der Waals surface area contributed by atoms with Gasteiger partial charge in [0.15, 0.2) is 0 Å². The third kappa shape index (κ3) is 4.44. The van der Waals surface area contributed by atoms with Crippen LogP contribution in [-0.4, -0.2) is 10.9 Å². The molecule has 1 aromatic rings. The van der Waals surface area contributed by atoms with Gasteiger partial charge in [-0.05, 0) is 23.2 Å². The molecule has 0 bridgehead atoms. The zero-order valence-electron chi connectivity index (χ0n) is 10.8. The van der Waals surface area contributed by atoms with E-state index in [-0.39, 0.29) is 5.41 Å². The molecule has 0 radical (unpaired) electrons. The highest BCUT2D eigenvalue weighted by molar-refractivity contribution is 8.02. The summed E-state index contributed by atoms with van der Waals surface area (Å²) in [7, 11) is 0. The Morgan fingerprint density at radius 1 is 1.44 bits per heavy atom. The first-order chi connectivity index (χ1) is 7.39. The number of hydrogen-bond acceptors (Lipinski definition) is 3. The van der Waals surface area contributed by atoms with Crippen molar-refractivity contribution in [2.75, 3.05) is 5.75 Å². The molecule has 1 rings (SSSR count). The van der Waals surface area contributed by atoms with Crippen molar-refractivity contribution in [2.45, 2.75) is 40.0 Å². The SMILES string of the molecule is CC(C)CS/C=C/c1cc(C(C)(C)C)on1. The summed E-state index contributed by atoms with van der Waals surface area (Å²) in [5, 5.41) is 6.11. The fourth-order valence-corrected chi connectivity index (χ4v) is 1.82. The Labute approximate surface area is 102 Å². The Morgan fingerprint density at radius 2 is 2.12 bits per heavy atom. The molecule has 0 unspecified atom stereocenters. The Morgan fingerprint density at radius 3 is 2.62 bits per heavy atom. The number of thioether (sulfide) groups is 1. The molecule has 90 valence electrons. The van der Waals surface area contributed by atoms with Crippen molar-refractivity contribution in [2.24, 2.45) is 5.92 Å². The van der Waals surface area contributed by atoms with Crippen LogP contribution >= 0.6 is 11.8 Å². The first-order valence-electron chi connectivity index (χ1n) is 5.65. The van der Waals surface area contributed by atoms with Crippen molar-refractivity contribution in [3.63, 3.8) is 0 Å². The minimum absolute atomic E-state index is 0.0319. The van der Waals surface area contributed by atoms with Gasteiger partial charge in [-0.15, -0.1) is 11.8 Å². The zero-order chi connectivity index (χ0) is 12.2. The van der Waals surface area contributed by atoms with Gasteiger partial charge in [0, 0.05) is 11.5 Å². The topological polar surface area (TPSA) is 26.0 Å². The van der Waals surface area contributed by atoms with Gasteiger partial charge in [0.1, 0.15) is 11.5 Å². The maximum absolute atomic E-state index is 5.30. The van der Waals surface area contributed by atoms with Crippen molar-refractivity contribution >= 4 is 17.8 Å². The lowest BCUT2D eigenvalue weighted by Gasteiger charge is -2.11. The molecular weight excluding hydrogens is 218 g/mol. The lowest BCUT2D eigenvalue weighted by atomic mass is 9.93. The summed E-state index contributed by atoms with van der Waals surface area (Å²) in [4.78, 5) is 0. The van der Waals surface area contributed by atoms with Crippen molar-refractivity contribution in [1.29, 1.82) is 0 Å². The van der Waals surface area contributed by atoms with Crippen LogP contribution in [0.4, 0.5) is 0 Å².